The lowest BCUT2D eigenvalue weighted by molar-refractivity contribution is -0.119. The molecule has 148 valence electrons. The Hall–Kier alpha value is -2.96. The van der Waals surface area contributed by atoms with Gasteiger partial charge in [0.05, 0.1) is 13.5 Å². The molecule has 2 amide bonds. The van der Waals surface area contributed by atoms with Gasteiger partial charge in [0.15, 0.2) is 0 Å². The highest BCUT2D eigenvalue weighted by Crippen LogP contribution is 2.28. The second kappa shape index (κ2) is 8.37. The molecule has 3 rings (SSSR count). The predicted octanol–water partition coefficient (Wildman–Crippen LogP) is 2.02. The first kappa shape index (κ1) is 19.8. The maximum absolute atomic E-state index is 12.8. The molecule has 0 unspecified atom stereocenters. The van der Waals surface area contributed by atoms with Crippen molar-refractivity contribution in [1.82, 2.24) is 20.2 Å². The van der Waals surface area contributed by atoms with Gasteiger partial charge in [-0.25, -0.2) is 9.97 Å². The van der Waals surface area contributed by atoms with Crippen molar-refractivity contribution in [1.29, 1.82) is 0 Å². The van der Waals surface area contributed by atoms with E-state index in [0.29, 0.717) is 24.4 Å². The number of likely N-dealkylation sites (N-methyl/N-ethyl adjacent to an activating group) is 1. The van der Waals surface area contributed by atoms with Crippen molar-refractivity contribution in [2.24, 2.45) is 0 Å². The lowest BCUT2D eigenvalue weighted by Gasteiger charge is -2.17. The van der Waals surface area contributed by atoms with Gasteiger partial charge in [0.1, 0.15) is 11.6 Å². The van der Waals surface area contributed by atoms with E-state index in [9.17, 15) is 9.59 Å². The fourth-order valence-corrected chi connectivity index (χ4v) is 3.55. The molecule has 1 aromatic carbocycles. The molecule has 0 aliphatic carbocycles. The van der Waals surface area contributed by atoms with Crippen molar-refractivity contribution >= 4 is 11.8 Å². The molecule has 1 aliphatic rings. The molecule has 0 spiro atoms. The lowest BCUT2D eigenvalue weighted by atomic mass is 10.0. The number of carbonyl (C=O) groups is 2. The van der Waals surface area contributed by atoms with Crippen LogP contribution in [0.2, 0.25) is 0 Å². The Balaban J connectivity index is 1.74. The predicted molar refractivity (Wildman–Crippen MR) is 106 cm³/mol. The first-order valence-electron chi connectivity index (χ1n) is 9.40. The van der Waals surface area contributed by atoms with Crippen molar-refractivity contribution in [2.45, 2.75) is 32.6 Å². The first-order valence-corrected chi connectivity index (χ1v) is 9.40. The third kappa shape index (κ3) is 4.13. The molecule has 0 saturated carbocycles. The van der Waals surface area contributed by atoms with Crippen molar-refractivity contribution in [3.63, 3.8) is 0 Å². The number of hydrogen-bond donors (Lipinski definition) is 1. The van der Waals surface area contributed by atoms with Crippen LogP contribution in [0.25, 0.3) is 0 Å². The number of methoxy groups -OCH3 is 1. The fraction of sp³-hybridized carbons (Fsp3) is 0.429. The van der Waals surface area contributed by atoms with Gasteiger partial charge in [-0.1, -0.05) is 6.07 Å². The summed E-state index contributed by atoms with van der Waals surface area (Å²) in [4.78, 5) is 35.7. The van der Waals surface area contributed by atoms with Gasteiger partial charge in [0.25, 0.3) is 5.91 Å². The number of hydrogen-bond acceptors (Lipinski definition) is 5. The van der Waals surface area contributed by atoms with Crippen LogP contribution in [-0.4, -0.2) is 53.9 Å². The summed E-state index contributed by atoms with van der Waals surface area (Å²) in [7, 11) is 3.21. The molecule has 7 heteroatoms. The number of carbonyl (C=O) groups excluding carboxylic acids is 2. The van der Waals surface area contributed by atoms with Gasteiger partial charge in [0, 0.05) is 48.6 Å². The Morgan fingerprint density at radius 2 is 1.96 bits per heavy atom. The summed E-state index contributed by atoms with van der Waals surface area (Å²) in [6.45, 7) is 5.07. The number of aryl methyl sites for hydroxylation is 2. The molecule has 28 heavy (non-hydrogen) atoms. The zero-order chi connectivity index (χ0) is 20.3. The number of amides is 2. The van der Waals surface area contributed by atoms with Gasteiger partial charge in [-0.2, -0.15) is 0 Å². The highest BCUT2D eigenvalue weighted by molar-refractivity contribution is 5.94. The Kier molecular flexibility index (Phi) is 5.92. The maximum atomic E-state index is 12.8. The van der Waals surface area contributed by atoms with Gasteiger partial charge in [0.2, 0.25) is 5.91 Å². The molecule has 1 atom stereocenters. The minimum absolute atomic E-state index is 0.00826. The Morgan fingerprint density at radius 1 is 1.25 bits per heavy atom. The van der Waals surface area contributed by atoms with Gasteiger partial charge in [-0.3, -0.25) is 9.59 Å². The Bertz CT molecular complexity index is 874. The molecule has 0 bridgehead atoms. The van der Waals surface area contributed by atoms with Crippen LogP contribution in [0.1, 0.15) is 45.5 Å². The molecule has 1 fully saturated rings. The summed E-state index contributed by atoms with van der Waals surface area (Å²) in [5.41, 5.74) is 3.13. The quantitative estimate of drug-likeness (QED) is 0.855. The summed E-state index contributed by atoms with van der Waals surface area (Å²) in [6.07, 6.45) is 1.10. The summed E-state index contributed by atoms with van der Waals surface area (Å²) in [5, 5.41) is 2.63. The zero-order valence-electron chi connectivity index (χ0n) is 16.8. The van der Waals surface area contributed by atoms with E-state index in [-0.39, 0.29) is 24.2 Å². The van der Waals surface area contributed by atoms with Crippen LogP contribution in [0.4, 0.5) is 0 Å². The Labute approximate surface area is 165 Å². The normalized spacial score (nSPS) is 16.1. The number of nitrogens with one attached hydrogen (secondary N) is 1. The third-order valence-corrected chi connectivity index (χ3v) is 5.21. The van der Waals surface area contributed by atoms with E-state index >= 15 is 0 Å². The highest BCUT2D eigenvalue weighted by atomic mass is 16.5. The van der Waals surface area contributed by atoms with Crippen LogP contribution in [0.5, 0.6) is 5.75 Å². The van der Waals surface area contributed by atoms with Crippen LogP contribution < -0.4 is 10.1 Å². The molecule has 2 aromatic rings. The van der Waals surface area contributed by atoms with Crippen LogP contribution in [0, 0.1) is 13.8 Å². The number of ether oxygens (including phenoxy) is 1. The van der Waals surface area contributed by atoms with Crippen molar-refractivity contribution in [3.05, 3.63) is 52.6 Å². The van der Waals surface area contributed by atoms with Crippen LogP contribution in [0.15, 0.2) is 24.3 Å². The summed E-state index contributed by atoms with van der Waals surface area (Å²) in [6, 6.07) is 7.20. The summed E-state index contributed by atoms with van der Waals surface area (Å²) >= 11 is 0. The number of benzene rings is 1. The zero-order valence-corrected chi connectivity index (χ0v) is 16.8. The van der Waals surface area contributed by atoms with Gasteiger partial charge in [-0.15, -0.1) is 0 Å². The van der Waals surface area contributed by atoms with E-state index in [0.717, 1.165) is 29.2 Å². The van der Waals surface area contributed by atoms with Crippen molar-refractivity contribution < 1.29 is 14.3 Å². The van der Waals surface area contributed by atoms with E-state index in [2.05, 4.69) is 15.3 Å². The SMILES string of the molecule is CNC(=O)Cc1c(C)nc([C@@H]2CCN(C(=O)c3cccc(OC)c3)C2)nc1C. The average molecular weight is 382 g/mol. The fourth-order valence-electron chi connectivity index (χ4n) is 3.55. The third-order valence-electron chi connectivity index (χ3n) is 5.21. The highest BCUT2D eigenvalue weighted by Gasteiger charge is 2.30. The van der Waals surface area contributed by atoms with Gasteiger partial charge >= 0.3 is 0 Å². The molecule has 2 heterocycles. The Morgan fingerprint density at radius 3 is 2.61 bits per heavy atom. The second-order valence-electron chi connectivity index (χ2n) is 7.05. The minimum atomic E-state index is -0.0570. The van der Waals surface area contributed by atoms with E-state index in [4.69, 9.17) is 4.74 Å². The van der Waals surface area contributed by atoms with Crippen molar-refractivity contribution in [2.75, 3.05) is 27.2 Å². The average Bonchev–Trinajstić information content (AvgIpc) is 3.20. The molecule has 0 radical (unpaired) electrons. The van der Waals surface area contributed by atoms with E-state index in [1.54, 1.807) is 26.3 Å². The maximum Gasteiger partial charge on any atom is 0.254 e. The first-order chi connectivity index (χ1) is 13.4. The minimum Gasteiger partial charge on any atom is -0.497 e. The standard InChI is InChI=1S/C21H26N4O3/c1-13-18(11-19(26)22-3)14(2)24-20(23-13)16-8-9-25(12-16)21(27)15-6-5-7-17(10-15)28-4/h5-7,10,16H,8-9,11-12H2,1-4H3,(H,22,26)/t16-/m1/s1. The largest absolute Gasteiger partial charge is 0.497 e. The molecular weight excluding hydrogens is 356 g/mol. The van der Waals surface area contributed by atoms with Crippen LogP contribution >= 0.6 is 0 Å². The number of aromatic nitrogens is 2. The molecule has 1 saturated heterocycles. The molecule has 7 nitrogen and oxygen atoms in total. The number of rotatable bonds is 5. The van der Waals surface area contributed by atoms with E-state index in [1.165, 1.54) is 0 Å². The van der Waals surface area contributed by atoms with Crippen LogP contribution in [0.3, 0.4) is 0 Å². The smallest absolute Gasteiger partial charge is 0.254 e. The van der Waals surface area contributed by atoms with E-state index < -0.39 is 0 Å². The van der Waals surface area contributed by atoms with Crippen LogP contribution in [-0.2, 0) is 11.2 Å². The monoisotopic (exact) mass is 382 g/mol. The van der Waals surface area contributed by atoms with E-state index in [1.807, 2.05) is 30.9 Å². The van der Waals surface area contributed by atoms with Gasteiger partial charge in [-0.05, 0) is 38.5 Å². The summed E-state index contributed by atoms with van der Waals surface area (Å²) in [5.74, 6) is 1.45. The lowest BCUT2D eigenvalue weighted by Crippen LogP contribution is -2.28. The topological polar surface area (TPSA) is 84.4 Å². The summed E-state index contributed by atoms with van der Waals surface area (Å²) < 4.78 is 5.21. The molecule has 1 N–H and O–H groups in total. The molecular formula is C21H26N4O3. The second-order valence-corrected chi connectivity index (χ2v) is 7.05. The van der Waals surface area contributed by atoms with Gasteiger partial charge < -0.3 is 15.0 Å². The van der Waals surface area contributed by atoms with Crippen molar-refractivity contribution in [3.8, 4) is 5.75 Å². The molecule has 1 aromatic heterocycles. The number of nitrogens with zero attached hydrogens (tertiary/aromatic N) is 3. The molecule has 1 aliphatic heterocycles. The number of likely N-dealkylation sites (tertiary alicyclic amines) is 1.